The number of ether oxygens (including phenoxy) is 1. The van der Waals surface area contributed by atoms with Gasteiger partial charge in [-0.1, -0.05) is 57.7 Å². The molecule has 2 atom stereocenters. The lowest BCUT2D eigenvalue weighted by molar-refractivity contribution is -0.158. The largest absolute Gasteiger partial charge is 0.431 e. The minimum absolute atomic E-state index is 0.0902. The Labute approximate surface area is 269 Å². The summed E-state index contributed by atoms with van der Waals surface area (Å²) in [5, 5.41) is 4.68. The molecule has 1 saturated heterocycles. The molecule has 1 fully saturated rings. The molecule has 1 aliphatic rings. The first-order valence-corrected chi connectivity index (χ1v) is 16.1. The molecule has 42 heavy (non-hydrogen) atoms. The molecule has 2 aromatic carbocycles. The number of alkyl halides is 1. The first-order valence-electron chi connectivity index (χ1n) is 14.2. The van der Waals surface area contributed by atoms with Crippen LogP contribution < -0.4 is 10.2 Å². The van der Waals surface area contributed by atoms with Crippen LogP contribution in [0.3, 0.4) is 0 Å². The van der Waals surface area contributed by atoms with Crippen LogP contribution in [0, 0.1) is 6.92 Å². The van der Waals surface area contributed by atoms with Crippen LogP contribution in [0.4, 0.5) is 10.2 Å². The average Bonchev–Trinajstić information content (AvgIpc) is 2.96. The molecule has 0 radical (unpaired) electrons. The Morgan fingerprint density at radius 3 is 2.52 bits per heavy atom. The number of aromatic nitrogens is 1. The zero-order valence-corrected chi connectivity index (χ0v) is 27.5. The maximum atomic E-state index is 13.9. The van der Waals surface area contributed by atoms with E-state index < -0.39 is 18.2 Å². The van der Waals surface area contributed by atoms with Gasteiger partial charge in [0.15, 0.2) is 0 Å². The van der Waals surface area contributed by atoms with Crippen molar-refractivity contribution in [2.24, 2.45) is 0 Å². The molecule has 0 saturated carbocycles. The maximum Gasteiger partial charge on any atom is 0.308 e. The van der Waals surface area contributed by atoms with Crippen molar-refractivity contribution in [2.45, 2.75) is 71.1 Å². The summed E-state index contributed by atoms with van der Waals surface area (Å²) in [5.74, 6) is -0.646. The Balaban J connectivity index is 1.64. The molecule has 2 unspecified atom stereocenters. The fourth-order valence-electron chi connectivity index (χ4n) is 5.37. The smallest absolute Gasteiger partial charge is 0.308 e. The monoisotopic (exact) mass is 699 g/mol. The van der Waals surface area contributed by atoms with Crippen molar-refractivity contribution in [3.8, 4) is 0 Å². The third kappa shape index (κ3) is 7.87. The summed E-state index contributed by atoms with van der Waals surface area (Å²) in [6, 6.07) is 8.92. The highest BCUT2D eigenvalue weighted by molar-refractivity contribution is 9.10. The Bertz CT molecular complexity index is 1450. The Morgan fingerprint density at radius 1 is 1.10 bits per heavy atom. The van der Waals surface area contributed by atoms with Crippen LogP contribution in [-0.2, 0) is 9.53 Å². The van der Waals surface area contributed by atoms with Gasteiger partial charge in [-0.3, -0.25) is 9.59 Å². The van der Waals surface area contributed by atoms with E-state index in [0.29, 0.717) is 27.6 Å². The molecule has 0 aliphatic carbocycles. The summed E-state index contributed by atoms with van der Waals surface area (Å²) in [4.78, 5) is 33.5. The summed E-state index contributed by atoms with van der Waals surface area (Å²) in [5.41, 5.74) is 2.56. The topological polar surface area (TPSA) is 71.5 Å². The molecule has 6 nitrogen and oxygen atoms in total. The van der Waals surface area contributed by atoms with Crippen LogP contribution in [0.15, 0.2) is 34.8 Å². The Hall–Kier alpha value is -2.13. The van der Waals surface area contributed by atoms with Crippen molar-refractivity contribution in [3.05, 3.63) is 66.6 Å². The van der Waals surface area contributed by atoms with Crippen LogP contribution in [0.2, 0.25) is 15.1 Å². The van der Waals surface area contributed by atoms with E-state index in [9.17, 15) is 14.0 Å². The molecule has 1 amide bonds. The van der Waals surface area contributed by atoms with Crippen LogP contribution in [0.5, 0.6) is 0 Å². The number of anilines is 1. The summed E-state index contributed by atoms with van der Waals surface area (Å²) in [7, 11) is 0. The molecule has 0 spiro atoms. The van der Waals surface area contributed by atoms with Gasteiger partial charge in [0, 0.05) is 58.8 Å². The Kier molecular flexibility index (Phi) is 11.7. The van der Waals surface area contributed by atoms with Gasteiger partial charge in [-0.25, -0.2) is 9.37 Å². The summed E-state index contributed by atoms with van der Waals surface area (Å²) < 4.78 is 19.6. The van der Waals surface area contributed by atoms with E-state index in [2.05, 4.69) is 26.1 Å². The number of hydrogen-bond acceptors (Lipinski definition) is 5. The van der Waals surface area contributed by atoms with Crippen molar-refractivity contribution in [1.82, 2.24) is 10.3 Å². The van der Waals surface area contributed by atoms with Gasteiger partial charge < -0.3 is 15.0 Å². The normalized spacial score (nSPS) is 15.0. The van der Waals surface area contributed by atoms with Gasteiger partial charge >= 0.3 is 5.97 Å². The second-order valence-corrected chi connectivity index (χ2v) is 12.6. The number of halogens is 5. The quantitative estimate of drug-likeness (QED) is 0.160. The zero-order valence-electron chi connectivity index (χ0n) is 23.6. The number of fused-ring (bicyclic) bond motifs is 1. The Morgan fingerprint density at radius 2 is 1.81 bits per heavy atom. The number of carbonyl (C=O) groups excluding carboxylic acids is 2. The van der Waals surface area contributed by atoms with E-state index in [0.717, 1.165) is 52.7 Å². The highest BCUT2D eigenvalue weighted by Crippen LogP contribution is 2.39. The minimum Gasteiger partial charge on any atom is -0.431 e. The van der Waals surface area contributed by atoms with E-state index in [-0.39, 0.29) is 36.7 Å². The number of benzene rings is 2. The van der Waals surface area contributed by atoms with E-state index in [1.807, 2.05) is 32.0 Å². The van der Waals surface area contributed by atoms with Gasteiger partial charge in [-0.15, -0.1) is 0 Å². The summed E-state index contributed by atoms with van der Waals surface area (Å²) >= 11 is 23.0. The number of carbonyl (C=O) groups is 2. The standard InChI is InChI=1S/C31H34BrCl3FN3O3/c1-3-7-25(36)42-26(40)13-8-19(28-22(33)10-11-23(34)29(28)35)17-37-31(41)27-18(2)30(39-14-5-4-6-15-39)38-24-12-9-20(32)16-21(24)27/h9-12,16,19,25H,3-8,13-15,17H2,1-2H3,(H,37,41). The molecule has 3 aromatic rings. The first-order chi connectivity index (χ1) is 20.1. The lowest BCUT2D eigenvalue weighted by Gasteiger charge is -2.30. The number of hydrogen-bond donors (Lipinski definition) is 1. The summed E-state index contributed by atoms with van der Waals surface area (Å²) in [6.07, 6.45) is 2.47. The number of nitrogens with one attached hydrogen (secondary N) is 1. The zero-order chi connectivity index (χ0) is 30.4. The van der Waals surface area contributed by atoms with E-state index >= 15 is 0 Å². The van der Waals surface area contributed by atoms with Crippen LogP contribution in [0.25, 0.3) is 10.9 Å². The van der Waals surface area contributed by atoms with E-state index in [1.165, 1.54) is 6.42 Å². The predicted octanol–water partition coefficient (Wildman–Crippen LogP) is 9.19. The van der Waals surface area contributed by atoms with Crippen LogP contribution in [0.1, 0.15) is 79.3 Å². The fraction of sp³-hybridized carbons (Fsp3) is 0.452. The molecule has 1 aliphatic heterocycles. The third-order valence-corrected chi connectivity index (χ3v) is 9.16. The lowest BCUT2D eigenvalue weighted by Crippen LogP contribution is -2.33. The van der Waals surface area contributed by atoms with E-state index in [1.54, 1.807) is 12.1 Å². The van der Waals surface area contributed by atoms with Gasteiger partial charge in [-0.05, 0) is 74.9 Å². The van der Waals surface area contributed by atoms with Crippen LogP contribution in [-0.4, -0.2) is 42.9 Å². The predicted molar refractivity (Wildman–Crippen MR) is 172 cm³/mol. The van der Waals surface area contributed by atoms with Gasteiger partial charge in [0.1, 0.15) is 5.82 Å². The van der Waals surface area contributed by atoms with Gasteiger partial charge in [0.25, 0.3) is 5.91 Å². The van der Waals surface area contributed by atoms with Gasteiger partial charge in [-0.2, -0.15) is 0 Å². The number of nitrogens with zero attached hydrogens (tertiary/aromatic N) is 2. The molecule has 0 bridgehead atoms. The molecule has 1 N–H and O–H groups in total. The first kappa shape index (κ1) is 32.8. The fourth-order valence-corrected chi connectivity index (χ4v) is 6.58. The lowest BCUT2D eigenvalue weighted by atomic mass is 9.93. The van der Waals surface area contributed by atoms with Crippen molar-refractivity contribution < 1.29 is 18.7 Å². The van der Waals surface area contributed by atoms with Crippen molar-refractivity contribution in [2.75, 3.05) is 24.5 Å². The second-order valence-electron chi connectivity index (χ2n) is 10.5. The second kappa shape index (κ2) is 15.0. The number of esters is 1. The van der Waals surface area contributed by atoms with Crippen LogP contribution >= 0.6 is 50.7 Å². The van der Waals surface area contributed by atoms with E-state index in [4.69, 9.17) is 44.5 Å². The van der Waals surface area contributed by atoms with Crippen molar-refractivity contribution in [3.63, 3.8) is 0 Å². The minimum atomic E-state index is -1.66. The highest BCUT2D eigenvalue weighted by Gasteiger charge is 2.26. The maximum absolute atomic E-state index is 13.9. The molecule has 226 valence electrons. The highest BCUT2D eigenvalue weighted by atomic mass is 79.9. The van der Waals surface area contributed by atoms with Gasteiger partial charge in [0.05, 0.1) is 21.1 Å². The number of piperidine rings is 1. The van der Waals surface area contributed by atoms with Crippen molar-refractivity contribution in [1.29, 1.82) is 0 Å². The number of pyridine rings is 1. The average molecular weight is 702 g/mol. The molecule has 2 heterocycles. The summed E-state index contributed by atoms with van der Waals surface area (Å²) in [6.45, 7) is 5.62. The molecular formula is C31H34BrCl3FN3O3. The van der Waals surface area contributed by atoms with Crippen molar-refractivity contribution >= 4 is 79.3 Å². The molecular weight excluding hydrogens is 668 g/mol. The number of amides is 1. The molecule has 4 rings (SSSR count). The SMILES string of the molecule is CCCC(F)OC(=O)CCC(CNC(=O)c1c(C)c(N2CCCCC2)nc2ccc(Br)cc12)c1c(Cl)ccc(Cl)c1Cl. The number of rotatable bonds is 11. The third-order valence-electron chi connectivity index (χ3n) is 7.52. The molecule has 11 heteroatoms. The van der Waals surface area contributed by atoms with Gasteiger partial charge in [0.2, 0.25) is 6.36 Å². The molecule has 1 aromatic heterocycles.